The fraction of sp³-hybridized carbons (Fsp3) is 0.667. The summed E-state index contributed by atoms with van der Waals surface area (Å²) in [5.41, 5.74) is -0.621. The van der Waals surface area contributed by atoms with Crippen molar-refractivity contribution >= 4 is 5.97 Å². The second-order valence-electron chi connectivity index (χ2n) is 3.38. The van der Waals surface area contributed by atoms with Crippen LogP contribution in [0.2, 0.25) is 0 Å². The first-order valence-corrected chi connectivity index (χ1v) is 4.08. The third kappa shape index (κ3) is 2.54. The van der Waals surface area contributed by atoms with E-state index in [0.29, 0.717) is 0 Å². The van der Waals surface area contributed by atoms with Crippen molar-refractivity contribution in [2.75, 3.05) is 13.9 Å². The van der Waals surface area contributed by atoms with Gasteiger partial charge in [-0.2, -0.15) is 0 Å². The third-order valence-electron chi connectivity index (χ3n) is 1.82. The SMILES string of the molecule is COCO[C@@H]1C=CC(=O)OC1(C)C. The van der Waals surface area contributed by atoms with Gasteiger partial charge in [0, 0.05) is 13.2 Å². The average molecular weight is 186 g/mol. The standard InChI is InChI=1S/C9H14O4/c1-9(2)7(12-6-11-3)4-5-8(10)13-9/h4-5,7H,6H2,1-3H3/t7-/m1/s1. The zero-order chi connectivity index (χ0) is 9.90. The van der Waals surface area contributed by atoms with Crippen LogP contribution in [0.4, 0.5) is 0 Å². The van der Waals surface area contributed by atoms with Crippen LogP contribution in [0, 0.1) is 0 Å². The highest BCUT2D eigenvalue weighted by molar-refractivity contribution is 5.83. The van der Waals surface area contributed by atoms with E-state index in [0.717, 1.165) is 0 Å². The van der Waals surface area contributed by atoms with Crippen molar-refractivity contribution in [3.8, 4) is 0 Å². The molecule has 1 heterocycles. The molecule has 0 aromatic rings. The molecule has 74 valence electrons. The van der Waals surface area contributed by atoms with E-state index in [9.17, 15) is 4.79 Å². The van der Waals surface area contributed by atoms with Gasteiger partial charge in [0.15, 0.2) is 0 Å². The van der Waals surface area contributed by atoms with Gasteiger partial charge in [-0.25, -0.2) is 4.79 Å². The van der Waals surface area contributed by atoms with Crippen LogP contribution in [0.3, 0.4) is 0 Å². The summed E-state index contributed by atoms with van der Waals surface area (Å²) in [6, 6.07) is 0. The molecular formula is C9H14O4. The lowest BCUT2D eigenvalue weighted by atomic mass is 9.99. The van der Waals surface area contributed by atoms with Crippen molar-refractivity contribution in [3.63, 3.8) is 0 Å². The van der Waals surface area contributed by atoms with E-state index in [4.69, 9.17) is 14.2 Å². The van der Waals surface area contributed by atoms with Gasteiger partial charge in [-0.15, -0.1) is 0 Å². The summed E-state index contributed by atoms with van der Waals surface area (Å²) < 4.78 is 15.2. The highest BCUT2D eigenvalue weighted by Gasteiger charge is 2.35. The molecule has 0 radical (unpaired) electrons. The van der Waals surface area contributed by atoms with E-state index >= 15 is 0 Å². The van der Waals surface area contributed by atoms with Gasteiger partial charge in [0.25, 0.3) is 0 Å². The molecule has 0 saturated heterocycles. The molecule has 1 atom stereocenters. The topological polar surface area (TPSA) is 44.8 Å². The smallest absolute Gasteiger partial charge is 0.331 e. The first kappa shape index (κ1) is 10.2. The van der Waals surface area contributed by atoms with Gasteiger partial charge < -0.3 is 14.2 Å². The molecule has 0 unspecified atom stereocenters. The van der Waals surface area contributed by atoms with Gasteiger partial charge in [-0.1, -0.05) is 0 Å². The van der Waals surface area contributed by atoms with Crippen molar-refractivity contribution in [2.45, 2.75) is 25.6 Å². The summed E-state index contributed by atoms with van der Waals surface area (Å²) in [5, 5.41) is 0. The molecule has 0 bridgehead atoms. The average Bonchev–Trinajstić information content (AvgIpc) is 2.01. The molecule has 0 aromatic heterocycles. The van der Waals surface area contributed by atoms with Gasteiger partial charge in [0.2, 0.25) is 0 Å². The van der Waals surface area contributed by atoms with E-state index in [1.54, 1.807) is 27.0 Å². The van der Waals surface area contributed by atoms with E-state index < -0.39 is 5.60 Å². The predicted octanol–water partition coefficient (Wildman–Crippen LogP) is 0.867. The normalized spacial score (nSPS) is 25.8. The maximum absolute atomic E-state index is 10.9. The monoisotopic (exact) mass is 186 g/mol. The molecule has 0 saturated carbocycles. The summed E-state index contributed by atoms with van der Waals surface area (Å²) in [6.45, 7) is 3.79. The summed E-state index contributed by atoms with van der Waals surface area (Å²) in [7, 11) is 1.55. The lowest BCUT2D eigenvalue weighted by Gasteiger charge is -2.33. The minimum Gasteiger partial charge on any atom is -0.453 e. The van der Waals surface area contributed by atoms with Crippen molar-refractivity contribution in [1.82, 2.24) is 0 Å². The number of rotatable bonds is 3. The zero-order valence-corrected chi connectivity index (χ0v) is 8.07. The second-order valence-corrected chi connectivity index (χ2v) is 3.38. The fourth-order valence-corrected chi connectivity index (χ4v) is 1.15. The Balaban J connectivity index is 2.61. The number of ether oxygens (including phenoxy) is 3. The summed E-state index contributed by atoms with van der Waals surface area (Å²) in [5.74, 6) is -0.331. The molecule has 1 aliphatic rings. The maximum Gasteiger partial charge on any atom is 0.331 e. The Morgan fingerprint density at radius 2 is 2.31 bits per heavy atom. The highest BCUT2D eigenvalue weighted by atomic mass is 16.7. The van der Waals surface area contributed by atoms with Crippen LogP contribution in [-0.2, 0) is 19.0 Å². The number of hydrogen-bond acceptors (Lipinski definition) is 4. The van der Waals surface area contributed by atoms with Gasteiger partial charge in [-0.05, 0) is 19.9 Å². The summed E-state index contributed by atoms with van der Waals surface area (Å²) in [6.07, 6.45) is 2.81. The van der Waals surface area contributed by atoms with Crippen LogP contribution in [0.15, 0.2) is 12.2 Å². The van der Waals surface area contributed by atoms with Gasteiger partial charge >= 0.3 is 5.97 Å². The molecule has 0 fully saturated rings. The van der Waals surface area contributed by atoms with Gasteiger partial charge in [-0.3, -0.25) is 0 Å². The third-order valence-corrected chi connectivity index (χ3v) is 1.82. The number of carbonyl (C=O) groups is 1. The molecule has 0 N–H and O–H groups in total. The quantitative estimate of drug-likeness (QED) is 0.484. The number of cyclic esters (lactones) is 1. The highest BCUT2D eigenvalue weighted by Crippen LogP contribution is 2.23. The van der Waals surface area contributed by atoms with E-state index in [1.807, 2.05) is 0 Å². The number of esters is 1. The maximum atomic E-state index is 10.9. The lowest BCUT2D eigenvalue weighted by molar-refractivity contribution is -0.175. The van der Waals surface area contributed by atoms with Crippen molar-refractivity contribution < 1.29 is 19.0 Å². The number of methoxy groups -OCH3 is 1. The molecule has 1 aliphatic heterocycles. The Hall–Kier alpha value is -0.870. The van der Waals surface area contributed by atoms with Gasteiger partial charge in [0.05, 0.1) is 0 Å². The molecule has 13 heavy (non-hydrogen) atoms. The summed E-state index contributed by atoms with van der Waals surface area (Å²) in [4.78, 5) is 10.9. The number of carbonyl (C=O) groups excluding carboxylic acids is 1. The zero-order valence-electron chi connectivity index (χ0n) is 8.07. The predicted molar refractivity (Wildman–Crippen MR) is 46.1 cm³/mol. The lowest BCUT2D eigenvalue weighted by Crippen LogP contribution is -2.44. The van der Waals surface area contributed by atoms with Crippen LogP contribution >= 0.6 is 0 Å². The molecule has 0 aliphatic carbocycles. The molecular weight excluding hydrogens is 172 g/mol. The largest absolute Gasteiger partial charge is 0.453 e. The van der Waals surface area contributed by atoms with Crippen LogP contribution in [0.5, 0.6) is 0 Å². The minimum atomic E-state index is -0.621. The van der Waals surface area contributed by atoms with Crippen molar-refractivity contribution in [2.24, 2.45) is 0 Å². The Morgan fingerprint density at radius 1 is 1.62 bits per heavy atom. The Morgan fingerprint density at radius 3 is 2.85 bits per heavy atom. The first-order chi connectivity index (χ1) is 6.06. The van der Waals surface area contributed by atoms with Crippen LogP contribution in [0.1, 0.15) is 13.8 Å². The molecule has 4 nitrogen and oxygen atoms in total. The summed E-state index contributed by atoms with van der Waals surface area (Å²) >= 11 is 0. The molecule has 0 amide bonds. The van der Waals surface area contributed by atoms with Crippen LogP contribution < -0.4 is 0 Å². The Bertz CT molecular complexity index is 220. The second kappa shape index (κ2) is 3.89. The minimum absolute atomic E-state index is 0.190. The van der Waals surface area contributed by atoms with Crippen LogP contribution in [0.25, 0.3) is 0 Å². The number of hydrogen-bond donors (Lipinski definition) is 0. The van der Waals surface area contributed by atoms with E-state index in [-0.39, 0.29) is 18.9 Å². The molecule has 0 aromatic carbocycles. The molecule has 4 heteroatoms. The van der Waals surface area contributed by atoms with Crippen molar-refractivity contribution in [1.29, 1.82) is 0 Å². The Labute approximate surface area is 77.5 Å². The Kier molecular flexibility index (Phi) is 3.06. The molecule has 1 rings (SSSR count). The van der Waals surface area contributed by atoms with E-state index in [2.05, 4.69) is 0 Å². The van der Waals surface area contributed by atoms with E-state index in [1.165, 1.54) is 6.08 Å². The van der Waals surface area contributed by atoms with Gasteiger partial charge in [0.1, 0.15) is 18.5 Å². The fourth-order valence-electron chi connectivity index (χ4n) is 1.15. The van der Waals surface area contributed by atoms with Crippen molar-refractivity contribution in [3.05, 3.63) is 12.2 Å². The first-order valence-electron chi connectivity index (χ1n) is 4.08. The molecule has 0 spiro atoms. The van der Waals surface area contributed by atoms with Crippen LogP contribution in [-0.4, -0.2) is 31.6 Å².